The highest BCUT2D eigenvalue weighted by Crippen LogP contribution is 2.28. The molecule has 2 aromatic heterocycles. The van der Waals surface area contributed by atoms with Crippen molar-refractivity contribution in [3.05, 3.63) is 57.4 Å². The summed E-state index contributed by atoms with van der Waals surface area (Å²) in [4.78, 5) is 15.2. The van der Waals surface area contributed by atoms with Crippen LogP contribution in [-0.2, 0) is 16.6 Å². The number of hydrogen-bond donors (Lipinski definition) is 2. The van der Waals surface area contributed by atoms with Crippen LogP contribution in [0.25, 0.3) is 0 Å². The molecule has 136 valence electrons. The number of nitrogens with zero attached hydrogens (tertiary/aromatic N) is 1. The third-order valence-electron chi connectivity index (χ3n) is 3.31. The monoisotopic (exact) mass is 410 g/mol. The summed E-state index contributed by atoms with van der Waals surface area (Å²) in [5.41, 5.74) is 3.22. The summed E-state index contributed by atoms with van der Waals surface area (Å²) in [6.45, 7) is 1.84. The molecule has 7 nitrogen and oxygen atoms in total. The van der Waals surface area contributed by atoms with Gasteiger partial charge in [0, 0.05) is 11.4 Å². The number of aromatic carboxylic acids is 1. The highest BCUT2D eigenvalue weighted by atomic mass is 32.2. The Morgan fingerprint density at radius 3 is 2.81 bits per heavy atom. The molecule has 10 heteroatoms. The zero-order valence-electron chi connectivity index (χ0n) is 13.5. The molecule has 3 rings (SSSR count). The van der Waals surface area contributed by atoms with Crippen molar-refractivity contribution in [2.75, 3.05) is 4.72 Å². The van der Waals surface area contributed by atoms with Gasteiger partial charge in [-0.1, -0.05) is 6.07 Å². The Morgan fingerprint density at radius 2 is 2.15 bits per heavy atom. The van der Waals surface area contributed by atoms with Gasteiger partial charge in [0.2, 0.25) is 0 Å². The third-order valence-corrected chi connectivity index (χ3v) is 7.03. The Bertz CT molecular complexity index is 1030. The van der Waals surface area contributed by atoms with Gasteiger partial charge in [-0.3, -0.25) is 4.72 Å². The number of sulfonamides is 1. The number of rotatable bonds is 7. The second kappa shape index (κ2) is 7.44. The fourth-order valence-electron chi connectivity index (χ4n) is 2.12. The molecular weight excluding hydrogens is 396 g/mol. The van der Waals surface area contributed by atoms with Gasteiger partial charge >= 0.3 is 5.97 Å². The van der Waals surface area contributed by atoms with Crippen molar-refractivity contribution in [2.24, 2.45) is 0 Å². The molecule has 0 atom stereocenters. The number of aryl methyl sites for hydroxylation is 1. The van der Waals surface area contributed by atoms with Crippen LogP contribution < -0.4 is 9.46 Å². The minimum Gasteiger partial charge on any atom is -0.487 e. The van der Waals surface area contributed by atoms with E-state index in [-0.39, 0.29) is 15.7 Å². The van der Waals surface area contributed by atoms with Crippen molar-refractivity contribution >= 4 is 44.4 Å². The molecule has 0 bridgehead atoms. The van der Waals surface area contributed by atoms with Crippen LogP contribution in [0.15, 0.2) is 45.4 Å². The van der Waals surface area contributed by atoms with E-state index < -0.39 is 16.0 Å². The number of nitrogens with one attached hydrogen (secondary N) is 1. The van der Waals surface area contributed by atoms with Gasteiger partial charge in [-0.2, -0.15) is 0 Å². The van der Waals surface area contributed by atoms with Crippen LogP contribution in [0.2, 0.25) is 0 Å². The zero-order chi connectivity index (χ0) is 18.7. The van der Waals surface area contributed by atoms with Crippen LogP contribution in [-0.4, -0.2) is 24.5 Å². The fraction of sp³-hybridized carbons (Fsp3) is 0.125. The average Bonchev–Trinajstić information content (AvgIpc) is 3.22. The Kier molecular flexibility index (Phi) is 5.25. The molecular formula is C16H14N2O5S3. The number of carboxylic acid groups (broad SMARTS) is 1. The van der Waals surface area contributed by atoms with Crippen molar-refractivity contribution in [3.8, 4) is 5.75 Å². The summed E-state index contributed by atoms with van der Waals surface area (Å²) >= 11 is 2.18. The molecule has 0 radical (unpaired) electrons. The summed E-state index contributed by atoms with van der Waals surface area (Å²) in [5.74, 6) is -0.654. The average molecular weight is 410 g/mol. The molecule has 1 aromatic carbocycles. The molecule has 3 aromatic rings. The van der Waals surface area contributed by atoms with Crippen molar-refractivity contribution in [1.82, 2.24) is 4.98 Å². The molecule has 26 heavy (non-hydrogen) atoms. The molecule has 0 fully saturated rings. The second-order valence-electron chi connectivity index (χ2n) is 5.28. The fourth-order valence-corrected chi connectivity index (χ4v) is 5.09. The second-order valence-corrected chi connectivity index (χ2v) is 8.96. The Labute approximate surface area is 158 Å². The Hall–Kier alpha value is -2.43. The van der Waals surface area contributed by atoms with Gasteiger partial charge in [-0.25, -0.2) is 18.2 Å². The number of thiophene rings is 1. The van der Waals surface area contributed by atoms with E-state index in [1.807, 2.05) is 5.38 Å². The summed E-state index contributed by atoms with van der Waals surface area (Å²) < 4.78 is 33.0. The predicted molar refractivity (Wildman–Crippen MR) is 99.7 cm³/mol. The normalized spacial score (nSPS) is 11.3. The van der Waals surface area contributed by atoms with Crippen LogP contribution in [0.3, 0.4) is 0 Å². The molecule has 0 amide bonds. The SMILES string of the molecule is Cc1cc(S(=O)(=O)Nc2cccc(OCc3cscn3)c2)sc1C(=O)O. The molecule has 2 N–H and O–H groups in total. The Balaban J connectivity index is 1.76. The first-order valence-electron chi connectivity index (χ1n) is 7.31. The van der Waals surface area contributed by atoms with E-state index >= 15 is 0 Å². The maximum absolute atomic E-state index is 12.5. The lowest BCUT2D eigenvalue weighted by Gasteiger charge is -2.09. The molecule has 0 aliphatic heterocycles. The first kappa shape index (κ1) is 18.4. The first-order valence-corrected chi connectivity index (χ1v) is 10.6. The molecule has 0 aliphatic rings. The van der Waals surface area contributed by atoms with Gasteiger partial charge in [0.05, 0.1) is 16.9 Å². The molecule has 0 saturated carbocycles. The number of ether oxygens (including phenoxy) is 1. The van der Waals surface area contributed by atoms with Gasteiger partial charge in [-0.05, 0) is 30.7 Å². The molecule has 0 saturated heterocycles. The van der Waals surface area contributed by atoms with Crippen LogP contribution in [0.1, 0.15) is 20.9 Å². The van der Waals surface area contributed by atoms with E-state index in [2.05, 4.69) is 9.71 Å². The number of aromatic nitrogens is 1. The van der Waals surface area contributed by atoms with Crippen molar-refractivity contribution in [1.29, 1.82) is 0 Å². The zero-order valence-corrected chi connectivity index (χ0v) is 16.0. The lowest BCUT2D eigenvalue weighted by molar-refractivity contribution is 0.0701. The lowest BCUT2D eigenvalue weighted by atomic mass is 10.3. The number of carbonyl (C=O) groups is 1. The van der Waals surface area contributed by atoms with E-state index in [4.69, 9.17) is 9.84 Å². The van der Waals surface area contributed by atoms with Gasteiger partial charge in [0.25, 0.3) is 10.0 Å². The standard InChI is InChI=1S/C16H14N2O5S3/c1-10-5-14(25-15(10)16(19)20)26(21,22)18-11-3-2-4-13(6-11)23-7-12-8-24-9-17-12/h2-6,8-9,18H,7H2,1H3,(H,19,20). The van der Waals surface area contributed by atoms with E-state index in [1.165, 1.54) is 17.4 Å². The van der Waals surface area contributed by atoms with Crippen LogP contribution in [0.5, 0.6) is 5.75 Å². The number of benzene rings is 1. The molecule has 0 spiro atoms. The van der Waals surface area contributed by atoms with Gasteiger partial charge in [0.15, 0.2) is 0 Å². The predicted octanol–water partition coefficient (Wildman–Crippen LogP) is 3.59. The van der Waals surface area contributed by atoms with Gasteiger partial charge in [0.1, 0.15) is 21.4 Å². The van der Waals surface area contributed by atoms with E-state index in [0.29, 0.717) is 17.0 Å². The summed E-state index contributed by atoms with van der Waals surface area (Å²) in [6, 6.07) is 7.87. The maximum atomic E-state index is 12.5. The number of carboxylic acids is 1. The first-order chi connectivity index (χ1) is 12.3. The number of anilines is 1. The smallest absolute Gasteiger partial charge is 0.346 e. The highest BCUT2D eigenvalue weighted by molar-refractivity contribution is 7.94. The van der Waals surface area contributed by atoms with Crippen LogP contribution in [0.4, 0.5) is 5.69 Å². The number of thiazole rings is 1. The minimum absolute atomic E-state index is 0.00530. The third kappa shape index (κ3) is 4.21. The molecule has 0 unspecified atom stereocenters. The summed E-state index contributed by atoms with van der Waals surface area (Å²) in [7, 11) is -3.88. The van der Waals surface area contributed by atoms with Gasteiger partial charge < -0.3 is 9.84 Å². The van der Waals surface area contributed by atoms with Crippen molar-refractivity contribution in [2.45, 2.75) is 17.7 Å². The summed E-state index contributed by atoms with van der Waals surface area (Å²) in [6.07, 6.45) is 0. The van der Waals surface area contributed by atoms with Crippen LogP contribution >= 0.6 is 22.7 Å². The van der Waals surface area contributed by atoms with Gasteiger partial charge in [-0.15, -0.1) is 22.7 Å². The summed E-state index contributed by atoms with van der Waals surface area (Å²) in [5, 5.41) is 10.9. The van der Waals surface area contributed by atoms with Crippen molar-refractivity contribution < 1.29 is 23.1 Å². The minimum atomic E-state index is -3.88. The number of hydrogen-bond acceptors (Lipinski definition) is 7. The topological polar surface area (TPSA) is 106 Å². The van der Waals surface area contributed by atoms with Crippen molar-refractivity contribution in [3.63, 3.8) is 0 Å². The molecule has 0 aliphatic carbocycles. The highest BCUT2D eigenvalue weighted by Gasteiger charge is 2.22. The van der Waals surface area contributed by atoms with E-state index in [1.54, 1.807) is 36.7 Å². The van der Waals surface area contributed by atoms with Crippen LogP contribution in [0, 0.1) is 6.92 Å². The lowest BCUT2D eigenvalue weighted by Crippen LogP contribution is -2.11. The maximum Gasteiger partial charge on any atom is 0.346 e. The van der Waals surface area contributed by atoms with E-state index in [9.17, 15) is 13.2 Å². The van der Waals surface area contributed by atoms with E-state index in [0.717, 1.165) is 17.0 Å². The molecule has 2 heterocycles. The largest absolute Gasteiger partial charge is 0.487 e. The quantitative estimate of drug-likeness (QED) is 0.617. The Morgan fingerprint density at radius 1 is 1.35 bits per heavy atom.